The van der Waals surface area contributed by atoms with Crippen LogP contribution in [0.4, 0.5) is 0 Å². The Morgan fingerprint density at radius 3 is 1.71 bits per heavy atom. The molecule has 5 aromatic rings. The van der Waals surface area contributed by atoms with E-state index in [4.69, 9.17) is 18.9 Å². The lowest BCUT2D eigenvalue weighted by molar-refractivity contribution is 0.146. The van der Waals surface area contributed by atoms with Crippen molar-refractivity contribution >= 4 is 10.8 Å². The molecule has 0 saturated heterocycles. The fraction of sp³-hybridized carbons (Fsp3) is 0.176. The molecule has 1 aliphatic rings. The summed E-state index contributed by atoms with van der Waals surface area (Å²) in [6, 6.07) is 37.5. The monoisotopic (exact) mass is 502 g/mol. The molecule has 38 heavy (non-hydrogen) atoms. The van der Waals surface area contributed by atoms with E-state index >= 15 is 0 Å². The van der Waals surface area contributed by atoms with E-state index in [1.165, 1.54) is 6.42 Å². The Morgan fingerprint density at radius 1 is 0.447 bits per heavy atom. The van der Waals surface area contributed by atoms with Crippen molar-refractivity contribution in [3.63, 3.8) is 0 Å². The van der Waals surface area contributed by atoms with Gasteiger partial charge in [0, 0.05) is 5.39 Å². The first kappa shape index (κ1) is 23.9. The minimum Gasteiger partial charge on any atom is -0.483 e. The van der Waals surface area contributed by atoms with Crippen LogP contribution in [0.5, 0.6) is 40.2 Å². The van der Waals surface area contributed by atoms with Gasteiger partial charge in [0.15, 0.2) is 11.5 Å². The van der Waals surface area contributed by atoms with E-state index in [2.05, 4.69) is 18.2 Å². The molecule has 0 radical (unpaired) electrons. The van der Waals surface area contributed by atoms with Crippen LogP contribution in [0.3, 0.4) is 0 Å². The van der Waals surface area contributed by atoms with Crippen LogP contribution in [0, 0.1) is 0 Å². The van der Waals surface area contributed by atoms with Crippen molar-refractivity contribution in [2.24, 2.45) is 0 Å². The first-order valence-corrected chi connectivity index (χ1v) is 13.3. The van der Waals surface area contributed by atoms with Crippen LogP contribution in [0.2, 0.25) is 0 Å². The number of para-hydroxylation sites is 2. The van der Waals surface area contributed by atoms with E-state index in [1.807, 2.05) is 97.1 Å². The van der Waals surface area contributed by atoms with E-state index in [1.54, 1.807) is 0 Å². The number of rotatable bonds is 8. The zero-order valence-corrected chi connectivity index (χ0v) is 21.2. The van der Waals surface area contributed by atoms with Gasteiger partial charge in [0.25, 0.3) is 0 Å². The third kappa shape index (κ3) is 5.45. The van der Waals surface area contributed by atoms with E-state index in [9.17, 15) is 0 Å². The molecule has 1 fully saturated rings. The van der Waals surface area contributed by atoms with Crippen molar-refractivity contribution in [1.29, 1.82) is 0 Å². The van der Waals surface area contributed by atoms with Crippen molar-refractivity contribution in [3.05, 3.63) is 115 Å². The maximum Gasteiger partial charge on any atom is 0.215 e. The topological polar surface area (TPSA) is 36.9 Å². The Morgan fingerprint density at radius 2 is 1.03 bits per heavy atom. The van der Waals surface area contributed by atoms with Gasteiger partial charge in [-0.25, -0.2) is 0 Å². The maximum atomic E-state index is 6.72. The van der Waals surface area contributed by atoms with E-state index in [0.29, 0.717) is 23.0 Å². The van der Waals surface area contributed by atoms with Gasteiger partial charge in [-0.3, -0.25) is 0 Å². The molecular formula is C34H30O4. The Kier molecular flexibility index (Phi) is 7.12. The number of hydrogen-bond acceptors (Lipinski definition) is 4. The van der Waals surface area contributed by atoms with E-state index in [-0.39, 0.29) is 6.10 Å². The molecule has 4 heteroatoms. The van der Waals surface area contributed by atoms with Crippen LogP contribution in [0.15, 0.2) is 115 Å². The van der Waals surface area contributed by atoms with Crippen molar-refractivity contribution in [2.75, 3.05) is 0 Å². The second-order valence-corrected chi connectivity index (χ2v) is 9.51. The molecule has 0 unspecified atom stereocenters. The zero-order chi connectivity index (χ0) is 25.6. The minimum absolute atomic E-state index is 0.0868. The van der Waals surface area contributed by atoms with Gasteiger partial charge in [-0.2, -0.15) is 0 Å². The average molecular weight is 503 g/mol. The van der Waals surface area contributed by atoms with Gasteiger partial charge in [0.1, 0.15) is 17.2 Å². The SMILES string of the molecule is c1ccc(Oc2ccc(Oc3ccccc3)c(OC3CCCCC3)c2Oc2cccc3ccccc23)cc1. The number of fused-ring (bicyclic) bond motifs is 1. The predicted octanol–water partition coefficient (Wildman–Crippen LogP) is 9.93. The molecule has 1 aliphatic carbocycles. The molecular weight excluding hydrogens is 472 g/mol. The first-order chi connectivity index (χ1) is 18.8. The Balaban J connectivity index is 1.48. The van der Waals surface area contributed by atoms with Crippen LogP contribution in [-0.4, -0.2) is 6.10 Å². The molecule has 0 aliphatic heterocycles. The van der Waals surface area contributed by atoms with Crippen LogP contribution in [0.1, 0.15) is 32.1 Å². The molecule has 6 rings (SSSR count). The van der Waals surface area contributed by atoms with Crippen LogP contribution in [-0.2, 0) is 0 Å². The third-order valence-electron chi connectivity index (χ3n) is 6.78. The van der Waals surface area contributed by atoms with Crippen molar-refractivity contribution in [2.45, 2.75) is 38.2 Å². The average Bonchev–Trinajstić information content (AvgIpc) is 2.98. The van der Waals surface area contributed by atoms with E-state index in [0.717, 1.165) is 53.7 Å². The fourth-order valence-electron chi connectivity index (χ4n) is 4.87. The van der Waals surface area contributed by atoms with Gasteiger partial charge in [0.2, 0.25) is 11.5 Å². The van der Waals surface area contributed by atoms with Crippen molar-refractivity contribution in [3.8, 4) is 40.2 Å². The molecule has 0 N–H and O–H groups in total. The summed E-state index contributed by atoms with van der Waals surface area (Å²) in [5.74, 6) is 4.40. The van der Waals surface area contributed by atoms with Gasteiger partial charge < -0.3 is 18.9 Å². The molecule has 0 heterocycles. The Bertz CT molecular complexity index is 1490. The molecule has 1 saturated carbocycles. The predicted molar refractivity (Wildman–Crippen MR) is 151 cm³/mol. The lowest BCUT2D eigenvalue weighted by Crippen LogP contribution is -2.20. The Labute approximate surface area is 223 Å². The molecule has 4 nitrogen and oxygen atoms in total. The molecule has 190 valence electrons. The van der Waals surface area contributed by atoms with E-state index < -0.39 is 0 Å². The number of benzene rings is 5. The normalized spacial score (nSPS) is 13.7. The smallest absolute Gasteiger partial charge is 0.215 e. The summed E-state index contributed by atoms with van der Waals surface area (Å²) in [6.45, 7) is 0. The maximum absolute atomic E-state index is 6.72. The van der Waals surface area contributed by atoms with Crippen molar-refractivity contribution < 1.29 is 18.9 Å². The largest absolute Gasteiger partial charge is 0.483 e. The highest BCUT2D eigenvalue weighted by atomic mass is 16.6. The highest BCUT2D eigenvalue weighted by Crippen LogP contribution is 2.50. The summed E-state index contributed by atoms with van der Waals surface area (Å²) in [5.41, 5.74) is 0. The summed E-state index contributed by atoms with van der Waals surface area (Å²) in [5, 5.41) is 2.11. The lowest BCUT2D eigenvalue weighted by atomic mass is 9.98. The van der Waals surface area contributed by atoms with Gasteiger partial charge >= 0.3 is 0 Å². The standard InChI is InChI=1S/C34H30O4/c1-4-15-26(16-5-1)35-31-23-24-32(36-27-17-6-2-7-18-27)34(33(31)37-28-19-8-3-9-20-28)38-30-22-12-14-25-13-10-11-21-29(25)30/h1-2,4-7,10-18,21-24,28H,3,8-9,19-20H2. The van der Waals surface area contributed by atoms with Gasteiger partial charge in [0.05, 0.1) is 6.10 Å². The highest BCUT2D eigenvalue weighted by molar-refractivity contribution is 5.88. The zero-order valence-electron chi connectivity index (χ0n) is 21.2. The third-order valence-corrected chi connectivity index (χ3v) is 6.78. The summed E-state index contributed by atoms with van der Waals surface area (Å²) >= 11 is 0. The molecule has 0 bridgehead atoms. The van der Waals surface area contributed by atoms with Gasteiger partial charge in [-0.05, 0) is 73.5 Å². The second-order valence-electron chi connectivity index (χ2n) is 9.51. The second kappa shape index (κ2) is 11.3. The van der Waals surface area contributed by atoms with Crippen LogP contribution < -0.4 is 18.9 Å². The summed E-state index contributed by atoms with van der Waals surface area (Å²) in [7, 11) is 0. The van der Waals surface area contributed by atoms with Gasteiger partial charge in [-0.1, -0.05) is 79.2 Å². The first-order valence-electron chi connectivity index (χ1n) is 13.3. The number of ether oxygens (including phenoxy) is 4. The Hall–Kier alpha value is -4.44. The molecule has 0 amide bonds. The molecule has 0 aromatic heterocycles. The van der Waals surface area contributed by atoms with Crippen LogP contribution >= 0.6 is 0 Å². The summed E-state index contributed by atoms with van der Waals surface area (Å²) in [6.07, 6.45) is 5.64. The number of hydrogen-bond donors (Lipinski definition) is 0. The highest BCUT2D eigenvalue weighted by Gasteiger charge is 2.25. The summed E-state index contributed by atoms with van der Waals surface area (Å²) < 4.78 is 26.2. The van der Waals surface area contributed by atoms with Crippen LogP contribution in [0.25, 0.3) is 10.8 Å². The minimum atomic E-state index is 0.0868. The van der Waals surface area contributed by atoms with Gasteiger partial charge in [-0.15, -0.1) is 0 Å². The fourth-order valence-corrected chi connectivity index (χ4v) is 4.87. The van der Waals surface area contributed by atoms with Crippen molar-refractivity contribution in [1.82, 2.24) is 0 Å². The summed E-state index contributed by atoms with van der Waals surface area (Å²) in [4.78, 5) is 0. The molecule has 0 atom stereocenters. The molecule has 0 spiro atoms. The molecule has 5 aromatic carbocycles. The lowest BCUT2D eigenvalue weighted by Gasteiger charge is -2.26. The quantitative estimate of drug-likeness (QED) is 0.212.